The number of nitrogens with two attached hydrogens (primary N) is 2. The van der Waals surface area contributed by atoms with Gasteiger partial charge in [-0.2, -0.15) is 0 Å². The Kier molecular flexibility index (Phi) is 2.30. The summed E-state index contributed by atoms with van der Waals surface area (Å²) in [6.45, 7) is 0.187. The van der Waals surface area contributed by atoms with E-state index in [0.29, 0.717) is 5.56 Å². The van der Waals surface area contributed by atoms with Crippen molar-refractivity contribution in [3.8, 4) is 5.75 Å². The highest BCUT2D eigenvalue weighted by molar-refractivity contribution is 5.97. The maximum Gasteiger partial charge on any atom is 0.252 e. The first kappa shape index (κ1) is 8.55. The minimum absolute atomic E-state index is 0.111. The van der Waals surface area contributed by atoms with Gasteiger partial charge < -0.3 is 16.6 Å². The highest BCUT2D eigenvalue weighted by Gasteiger charge is 2.10. The number of phenols is 1. The Bertz CT molecular complexity index is 310. The fourth-order valence-corrected chi connectivity index (χ4v) is 1.04. The third-order valence-electron chi connectivity index (χ3n) is 1.60. The lowest BCUT2D eigenvalue weighted by Crippen LogP contribution is -2.15. The van der Waals surface area contributed by atoms with Crippen LogP contribution < -0.4 is 11.5 Å². The maximum atomic E-state index is 10.8. The van der Waals surface area contributed by atoms with E-state index in [9.17, 15) is 9.90 Å². The molecule has 64 valence electrons. The average Bonchev–Trinajstić information content (AvgIpc) is 2.03. The van der Waals surface area contributed by atoms with Crippen LogP contribution in [0.5, 0.6) is 5.75 Å². The molecule has 0 spiro atoms. The number of aromatic hydroxyl groups is 1. The zero-order valence-electron chi connectivity index (χ0n) is 6.45. The van der Waals surface area contributed by atoms with Crippen LogP contribution in [0.1, 0.15) is 15.9 Å². The molecular weight excluding hydrogens is 156 g/mol. The van der Waals surface area contributed by atoms with Crippen LogP contribution in [0, 0.1) is 0 Å². The highest BCUT2D eigenvalue weighted by Crippen LogP contribution is 2.19. The zero-order chi connectivity index (χ0) is 9.14. The number of benzene rings is 1. The van der Waals surface area contributed by atoms with E-state index in [1.807, 2.05) is 0 Å². The number of primary amides is 1. The normalized spacial score (nSPS) is 9.75. The largest absolute Gasteiger partial charge is 0.507 e. The first-order valence-corrected chi connectivity index (χ1v) is 3.47. The monoisotopic (exact) mass is 166 g/mol. The van der Waals surface area contributed by atoms with Crippen molar-refractivity contribution < 1.29 is 9.90 Å². The molecule has 4 nitrogen and oxygen atoms in total. The van der Waals surface area contributed by atoms with Crippen molar-refractivity contribution in [2.75, 3.05) is 0 Å². The molecule has 0 aromatic heterocycles. The molecule has 0 saturated carbocycles. The van der Waals surface area contributed by atoms with Crippen molar-refractivity contribution in [1.82, 2.24) is 0 Å². The first-order valence-electron chi connectivity index (χ1n) is 3.47. The van der Waals surface area contributed by atoms with Crippen LogP contribution in [0.25, 0.3) is 0 Å². The fourth-order valence-electron chi connectivity index (χ4n) is 1.04. The number of carbonyl (C=O) groups is 1. The molecule has 0 fully saturated rings. The minimum Gasteiger partial charge on any atom is -0.507 e. The van der Waals surface area contributed by atoms with Crippen LogP contribution in [-0.4, -0.2) is 11.0 Å². The van der Waals surface area contributed by atoms with Gasteiger partial charge in [0.2, 0.25) is 0 Å². The lowest BCUT2D eigenvalue weighted by molar-refractivity contribution is 0.0997. The molecule has 1 rings (SSSR count). The van der Waals surface area contributed by atoms with Gasteiger partial charge in [-0.1, -0.05) is 12.1 Å². The molecule has 5 N–H and O–H groups in total. The number of rotatable bonds is 2. The van der Waals surface area contributed by atoms with Gasteiger partial charge in [-0.05, 0) is 11.6 Å². The molecule has 0 aliphatic heterocycles. The molecule has 0 heterocycles. The summed E-state index contributed by atoms with van der Waals surface area (Å²) in [7, 11) is 0. The van der Waals surface area contributed by atoms with Crippen molar-refractivity contribution in [2.45, 2.75) is 6.54 Å². The van der Waals surface area contributed by atoms with Crippen molar-refractivity contribution in [3.05, 3.63) is 29.3 Å². The molecule has 1 aromatic carbocycles. The highest BCUT2D eigenvalue weighted by atomic mass is 16.3. The smallest absolute Gasteiger partial charge is 0.252 e. The lowest BCUT2D eigenvalue weighted by atomic mass is 10.1. The van der Waals surface area contributed by atoms with E-state index in [4.69, 9.17) is 11.5 Å². The summed E-state index contributed by atoms with van der Waals surface area (Å²) in [6, 6.07) is 4.67. The average molecular weight is 166 g/mol. The summed E-state index contributed by atoms with van der Waals surface area (Å²) in [5, 5.41) is 9.24. The van der Waals surface area contributed by atoms with Crippen molar-refractivity contribution in [3.63, 3.8) is 0 Å². The van der Waals surface area contributed by atoms with Gasteiger partial charge in [0, 0.05) is 6.54 Å². The Labute approximate surface area is 69.8 Å². The molecule has 0 atom stereocenters. The molecule has 0 saturated heterocycles. The Morgan fingerprint density at radius 3 is 2.58 bits per heavy atom. The first-order chi connectivity index (χ1) is 5.66. The molecule has 0 bridgehead atoms. The van der Waals surface area contributed by atoms with Gasteiger partial charge in [0.05, 0.1) is 5.56 Å². The van der Waals surface area contributed by atoms with Crippen LogP contribution in [0.3, 0.4) is 0 Å². The van der Waals surface area contributed by atoms with Gasteiger partial charge in [0.15, 0.2) is 0 Å². The second-order valence-corrected chi connectivity index (χ2v) is 2.38. The molecule has 1 amide bonds. The van der Waals surface area contributed by atoms with E-state index in [1.165, 1.54) is 6.07 Å². The number of amides is 1. The molecule has 12 heavy (non-hydrogen) atoms. The molecule has 0 aliphatic carbocycles. The lowest BCUT2D eigenvalue weighted by Gasteiger charge is -2.04. The van der Waals surface area contributed by atoms with Crippen molar-refractivity contribution >= 4 is 5.91 Å². The van der Waals surface area contributed by atoms with Crippen molar-refractivity contribution in [1.29, 1.82) is 0 Å². The molecule has 0 radical (unpaired) electrons. The number of hydrogen-bond donors (Lipinski definition) is 3. The Balaban J connectivity index is 3.29. The van der Waals surface area contributed by atoms with Gasteiger partial charge in [-0.15, -0.1) is 0 Å². The Morgan fingerprint density at radius 1 is 1.50 bits per heavy atom. The molecule has 4 heteroatoms. The van der Waals surface area contributed by atoms with Crippen LogP contribution in [0.2, 0.25) is 0 Å². The van der Waals surface area contributed by atoms with Gasteiger partial charge in [-0.3, -0.25) is 4.79 Å². The van der Waals surface area contributed by atoms with Crippen LogP contribution in [-0.2, 0) is 6.54 Å². The van der Waals surface area contributed by atoms with Crippen molar-refractivity contribution in [2.24, 2.45) is 11.5 Å². The quantitative estimate of drug-likeness (QED) is 0.575. The van der Waals surface area contributed by atoms with E-state index in [2.05, 4.69) is 0 Å². The minimum atomic E-state index is -0.659. The predicted octanol–water partition coefficient (Wildman–Crippen LogP) is -0.0502. The summed E-state index contributed by atoms with van der Waals surface area (Å²) in [5.74, 6) is -0.779. The van der Waals surface area contributed by atoms with E-state index < -0.39 is 5.91 Å². The second kappa shape index (κ2) is 3.23. The second-order valence-electron chi connectivity index (χ2n) is 2.38. The molecule has 1 aromatic rings. The third kappa shape index (κ3) is 1.38. The topological polar surface area (TPSA) is 89.3 Å². The van der Waals surface area contributed by atoms with Gasteiger partial charge in [-0.25, -0.2) is 0 Å². The van der Waals surface area contributed by atoms with Crippen LogP contribution in [0.4, 0.5) is 0 Å². The summed E-state index contributed by atoms with van der Waals surface area (Å²) >= 11 is 0. The maximum absolute atomic E-state index is 10.8. The SMILES string of the molecule is NCc1cccc(O)c1C(N)=O. The standard InChI is InChI=1S/C8H10N2O2/c9-4-5-2-1-3-6(11)7(5)8(10)12/h1-3,11H,4,9H2,(H2,10,12). The van der Waals surface area contributed by atoms with Gasteiger partial charge in [0.1, 0.15) is 5.75 Å². The predicted molar refractivity (Wildman–Crippen MR) is 44.5 cm³/mol. The summed E-state index contributed by atoms with van der Waals surface area (Å²) < 4.78 is 0. The summed E-state index contributed by atoms with van der Waals surface area (Å²) in [6.07, 6.45) is 0. The zero-order valence-corrected chi connectivity index (χ0v) is 6.45. The van der Waals surface area contributed by atoms with E-state index in [0.717, 1.165) is 0 Å². The van der Waals surface area contributed by atoms with E-state index in [-0.39, 0.29) is 17.9 Å². The fraction of sp³-hybridized carbons (Fsp3) is 0.125. The van der Waals surface area contributed by atoms with Crippen LogP contribution >= 0.6 is 0 Å². The molecular formula is C8H10N2O2. The molecule has 0 aliphatic rings. The summed E-state index contributed by atoms with van der Waals surface area (Å²) in [4.78, 5) is 10.8. The number of hydrogen-bond acceptors (Lipinski definition) is 3. The Hall–Kier alpha value is -1.55. The van der Waals surface area contributed by atoms with Crippen LogP contribution in [0.15, 0.2) is 18.2 Å². The van der Waals surface area contributed by atoms with E-state index in [1.54, 1.807) is 12.1 Å². The third-order valence-corrected chi connectivity index (χ3v) is 1.60. The molecule has 0 unspecified atom stereocenters. The van der Waals surface area contributed by atoms with Gasteiger partial charge in [0.25, 0.3) is 5.91 Å². The number of carbonyl (C=O) groups excluding carboxylic acids is 1. The van der Waals surface area contributed by atoms with E-state index >= 15 is 0 Å². The van der Waals surface area contributed by atoms with Gasteiger partial charge >= 0.3 is 0 Å². The Morgan fingerprint density at radius 2 is 2.17 bits per heavy atom. The summed E-state index contributed by atoms with van der Waals surface area (Å²) in [5.41, 5.74) is 11.0.